The first-order valence-electron chi connectivity index (χ1n) is 12.2. The number of rotatable bonds is 9. The third-order valence-corrected chi connectivity index (χ3v) is 6.73. The molecule has 1 saturated carbocycles. The highest BCUT2D eigenvalue weighted by atomic mass is 16.4. The van der Waals surface area contributed by atoms with Crippen molar-refractivity contribution < 1.29 is 14.7 Å². The van der Waals surface area contributed by atoms with E-state index in [9.17, 15) is 9.59 Å². The lowest BCUT2D eigenvalue weighted by atomic mass is 9.82. The number of nitrogens with one attached hydrogen (secondary N) is 2. The summed E-state index contributed by atoms with van der Waals surface area (Å²) in [6.45, 7) is 2.79. The molecular weight excluding hydrogens is 444 g/mol. The maximum atomic E-state index is 13.3. The van der Waals surface area contributed by atoms with Gasteiger partial charge in [0.25, 0.3) is 5.91 Å². The normalized spacial score (nSPS) is 18.0. The molecule has 9 nitrogen and oxygen atoms in total. The fourth-order valence-corrected chi connectivity index (χ4v) is 4.64. The zero-order valence-electron chi connectivity index (χ0n) is 20.4. The molecule has 1 aromatic carbocycles. The number of para-hydroxylation sites is 1. The van der Waals surface area contributed by atoms with Crippen molar-refractivity contribution in [2.24, 2.45) is 11.8 Å². The van der Waals surface area contributed by atoms with E-state index in [0.29, 0.717) is 30.5 Å². The first kappa shape index (κ1) is 24.7. The Morgan fingerprint density at radius 2 is 1.77 bits per heavy atom. The number of pyridine rings is 1. The quantitative estimate of drug-likeness (QED) is 0.434. The maximum absolute atomic E-state index is 13.3. The van der Waals surface area contributed by atoms with Gasteiger partial charge in [0.05, 0.1) is 29.5 Å². The summed E-state index contributed by atoms with van der Waals surface area (Å²) in [4.78, 5) is 30.9. The molecule has 0 aliphatic heterocycles. The second kappa shape index (κ2) is 11.3. The number of hydrogen-bond acceptors (Lipinski definition) is 5. The molecule has 2 heterocycles. The topological polar surface area (TPSA) is 112 Å². The van der Waals surface area contributed by atoms with Gasteiger partial charge in [-0.3, -0.25) is 9.48 Å². The average Bonchev–Trinajstić information content (AvgIpc) is 3.34. The van der Waals surface area contributed by atoms with E-state index in [4.69, 9.17) is 10.1 Å². The number of carbonyl (C=O) groups excluding carboxylic acids is 1. The predicted octanol–water partition coefficient (Wildman–Crippen LogP) is 3.46. The van der Waals surface area contributed by atoms with Gasteiger partial charge >= 0.3 is 6.09 Å². The molecule has 3 N–H and O–H groups in total. The van der Waals surface area contributed by atoms with E-state index in [0.717, 1.165) is 60.9 Å². The predicted molar refractivity (Wildman–Crippen MR) is 135 cm³/mol. The standard InChI is InChI=1S/C26H34N6O3/c1-31(2)11-12-32-17-20(16-29-32)24-13-22(21-5-3-4-6-23(21)30-24)25(33)27-14-18-7-9-19(10-8-18)15-28-26(34)35/h3-6,13,16-19,28H,7-12,14-15H2,1-2H3,(H,27,33)(H,34,35). The molecule has 0 radical (unpaired) electrons. The van der Waals surface area contributed by atoms with Crippen LogP contribution in [0.1, 0.15) is 36.0 Å². The first-order chi connectivity index (χ1) is 16.9. The Hall–Kier alpha value is -3.46. The molecular formula is C26H34N6O3. The number of hydrogen-bond donors (Lipinski definition) is 3. The van der Waals surface area contributed by atoms with E-state index in [-0.39, 0.29) is 5.91 Å². The fraction of sp³-hybridized carbons (Fsp3) is 0.462. The highest BCUT2D eigenvalue weighted by molar-refractivity contribution is 6.07. The molecule has 1 aliphatic rings. The van der Waals surface area contributed by atoms with Gasteiger partial charge in [-0.1, -0.05) is 18.2 Å². The number of carboxylic acid groups (broad SMARTS) is 1. The minimum absolute atomic E-state index is 0.0977. The van der Waals surface area contributed by atoms with Crippen molar-refractivity contribution in [3.63, 3.8) is 0 Å². The van der Waals surface area contributed by atoms with Crippen LogP contribution < -0.4 is 10.6 Å². The Labute approximate surface area is 205 Å². The molecule has 0 atom stereocenters. The summed E-state index contributed by atoms with van der Waals surface area (Å²) in [6, 6.07) is 9.57. The van der Waals surface area contributed by atoms with E-state index >= 15 is 0 Å². The number of fused-ring (bicyclic) bond motifs is 1. The van der Waals surface area contributed by atoms with E-state index in [1.165, 1.54) is 0 Å². The SMILES string of the molecule is CN(C)CCn1cc(-c2cc(C(=O)NCC3CCC(CNC(=O)O)CC3)c3ccccc3n2)cn1. The Balaban J connectivity index is 1.44. The fourth-order valence-electron chi connectivity index (χ4n) is 4.64. The van der Waals surface area contributed by atoms with Gasteiger partial charge in [-0.05, 0) is 63.7 Å². The van der Waals surface area contributed by atoms with Crippen molar-refractivity contribution in [1.82, 2.24) is 30.3 Å². The van der Waals surface area contributed by atoms with Gasteiger partial charge in [0.2, 0.25) is 0 Å². The molecule has 3 aromatic rings. The Morgan fingerprint density at radius 3 is 2.46 bits per heavy atom. The van der Waals surface area contributed by atoms with Crippen molar-refractivity contribution >= 4 is 22.9 Å². The van der Waals surface area contributed by atoms with Gasteiger partial charge in [0, 0.05) is 36.8 Å². The van der Waals surface area contributed by atoms with E-state index in [2.05, 4.69) is 20.6 Å². The van der Waals surface area contributed by atoms with Gasteiger partial charge in [-0.25, -0.2) is 9.78 Å². The summed E-state index contributed by atoms with van der Waals surface area (Å²) in [5.41, 5.74) is 3.02. The largest absolute Gasteiger partial charge is 0.465 e. The molecule has 186 valence electrons. The lowest BCUT2D eigenvalue weighted by molar-refractivity contribution is 0.0942. The third-order valence-electron chi connectivity index (χ3n) is 6.73. The summed E-state index contributed by atoms with van der Waals surface area (Å²) in [7, 11) is 4.06. The molecule has 0 bridgehead atoms. The molecule has 2 aromatic heterocycles. The van der Waals surface area contributed by atoms with E-state index < -0.39 is 6.09 Å². The number of carbonyl (C=O) groups is 2. The second-order valence-electron chi connectivity index (χ2n) is 9.65. The highest BCUT2D eigenvalue weighted by Crippen LogP contribution is 2.29. The van der Waals surface area contributed by atoms with Crippen LogP contribution in [0, 0.1) is 11.8 Å². The van der Waals surface area contributed by atoms with Gasteiger partial charge in [-0.2, -0.15) is 5.10 Å². The first-order valence-corrected chi connectivity index (χ1v) is 12.2. The molecule has 4 rings (SSSR count). The van der Waals surface area contributed by atoms with Crippen LogP contribution in [0.3, 0.4) is 0 Å². The summed E-state index contributed by atoms with van der Waals surface area (Å²) in [5.74, 6) is 0.686. The van der Waals surface area contributed by atoms with Crippen LogP contribution >= 0.6 is 0 Å². The number of likely N-dealkylation sites (N-methyl/N-ethyl adjacent to an activating group) is 1. The molecule has 2 amide bonds. The van der Waals surface area contributed by atoms with Crippen LogP contribution in [0.25, 0.3) is 22.2 Å². The summed E-state index contributed by atoms with van der Waals surface area (Å²) >= 11 is 0. The van der Waals surface area contributed by atoms with Crippen LogP contribution in [0.5, 0.6) is 0 Å². The summed E-state index contributed by atoms with van der Waals surface area (Å²) < 4.78 is 1.90. The average molecular weight is 479 g/mol. The molecule has 0 saturated heterocycles. The van der Waals surface area contributed by atoms with Gasteiger partial charge in [-0.15, -0.1) is 0 Å². The number of aromatic nitrogens is 3. The summed E-state index contributed by atoms with van der Waals surface area (Å²) in [6.07, 6.45) is 6.72. The zero-order chi connectivity index (χ0) is 24.8. The lowest BCUT2D eigenvalue weighted by Crippen LogP contribution is -2.34. The molecule has 1 fully saturated rings. The van der Waals surface area contributed by atoms with Crippen LogP contribution in [0.2, 0.25) is 0 Å². The van der Waals surface area contributed by atoms with Gasteiger partial charge < -0.3 is 20.6 Å². The molecule has 0 unspecified atom stereocenters. The number of benzene rings is 1. The number of amides is 2. The number of nitrogens with zero attached hydrogens (tertiary/aromatic N) is 4. The zero-order valence-corrected chi connectivity index (χ0v) is 20.4. The molecule has 35 heavy (non-hydrogen) atoms. The minimum atomic E-state index is -0.968. The van der Waals surface area contributed by atoms with Crippen LogP contribution in [0.15, 0.2) is 42.7 Å². The van der Waals surface area contributed by atoms with Crippen molar-refractivity contribution in [1.29, 1.82) is 0 Å². The summed E-state index contributed by atoms with van der Waals surface area (Å²) in [5, 5.41) is 19.7. The lowest BCUT2D eigenvalue weighted by Gasteiger charge is -2.28. The molecule has 1 aliphatic carbocycles. The van der Waals surface area contributed by atoms with Crippen LogP contribution in [-0.2, 0) is 6.54 Å². The third kappa shape index (κ3) is 6.57. The van der Waals surface area contributed by atoms with Crippen molar-refractivity contribution in [2.45, 2.75) is 32.2 Å². The second-order valence-corrected chi connectivity index (χ2v) is 9.65. The van der Waals surface area contributed by atoms with Crippen LogP contribution in [0.4, 0.5) is 4.79 Å². The highest BCUT2D eigenvalue weighted by Gasteiger charge is 2.23. The van der Waals surface area contributed by atoms with Gasteiger partial charge in [0.15, 0.2) is 0 Å². The van der Waals surface area contributed by atoms with Gasteiger partial charge in [0.1, 0.15) is 0 Å². The smallest absolute Gasteiger partial charge is 0.404 e. The Morgan fingerprint density at radius 1 is 1.09 bits per heavy atom. The Bertz CT molecular complexity index is 1170. The van der Waals surface area contributed by atoms with Crippen LogP contribution in [-0.4, -0.2) is 70.5 Å². The monoisotopic (exact) mass is 478 g/mol. The van der Waals surface area contributed by atoms with Crippen molar-refractivity contribution in [2.75, 3.05) is 33.7 Å². The van der Waals surface area contributed by atoms with E-state index in [1.54, 1.807) is 6.20 Å². The minimum Gasteiger partial charge on any atom is -0.465 e. The van der Waals surface area contributed by atoms with Crippen molar-refractivity contribution in [3.8, 4) is 11.3 Å². The molecule has 0 spiro atoms. The molecule has 9 heteroatoms. The Kier molecular flexibility index (Phi) is 7.97. The van der Waals surface area contributed by atoms with Crippen molar-refractivity contribution in [3.05, 3.63) is 48.3 Å². The maximum Gasteiger partial charge on any atom is 0.404 e. The van der Waals surface area contributed by atoms with E-state index in [1.807, 2.05) is 55.3 Å².